The topological polar surface area (TPSA) is 212 Å². The van der Waals surface area contributed by atoms with Crippen molar-refractivity contribution >= 4 is 33.4 Å². The maximum atomic E-state index is 12.7. The van der Waals surface area contributed by atoms with Gasteiger partial charge in [0.05, 0.1) is 19.8 Å². The van der Waals surface area contributed by atoms with E-state index in [-0.39, 0.29) is 18.6 Å². The zero-order valence-corrected chi connectivity index (χ0v) is 39.7. The number of phosphoric ester groups is 2. The van der Waals surface area contributed by atoms with Gasteiger partial charge in [-0.1, -0.05) is 167 Å². The van der Waals surface area contributed by atoms with Gasteiger partial charge in [0.2, 0.25) is 0 Å². The van der Waals surface area contributed by atoms with Gasteiger partial charge in [0, 0.05) is 19.3 Å². The Kier molecular flexibility index (Phi) is 38.7. The fourth-order valence-corrected chi connectivity index (χ4v) is 7.55. The quantitative estimate of drug-likeness (QED) is 0.0147. The van der Waals surface area contributed by atoms with E-state index in [9.17, 15) is 33.5 Å². The third kappa shape index (κ3) is 44.7. The van der Waals surface area contributed by atoms with E-state index in [2.05, 4.69) is 29.8 Å². The molecule has 0 aliphatic carbocycles. The van der Waals surface area contributed by atoms with Gasteiger partial charge in [-0.2, -0.15) is 0 Å². The van der Waals surface area contributed by atoms with Crippen LogP contribution in [0.25, 0.3) is 0 Å². The minimum absolute atomic E-state index is 0.0826. The molecule has 4 N–H and O–H groups in total. The molecular weight excluding hydrogens is 826 g/mol. The maximum Gasteiger partial charge on any atom is 0.472 e. The van der Waals surface area contributed by atoms with Crippen LogP contribution in [-0.2, 0) is 46.6 Å². The molecule has 0 bridgehead atoms. The van der Waals surface area contributed by atoms with Crippen molar-refractivity contribution in [3.8, 4) is 0 Å². The van der Waals surface area contributed by atoms with Crippen molar-refractivity contribution in [3.63, 3.8) is 0 Å². The van der Waals surface area contributed by atoms with Crippen LogP contribution >= 0.6 is 15.6 Å². The van der Waals surface area contributed by atoms with Crippen LogP contribution in [0.3, 0.4) is 0 Å². The highest BCUT2D eigenvalue weighted by atomic mass is 31.2. The molecule has 0 fully saturated rings. The first kappa shape index (κ1) is 59.3. The van der Waals surface area contributed by atoms with Crippen molar-refractivity contribution in [2.24, 2.45) is 5.92 Å². The predicted molar refractivity (Wildman–Crippen MR) is 240 cm³/mol. The number of hydrogen-bond donors (Lipinski definition) is 4. The number of allylic oxidation sites excluding steroid dienone is 4. The molecule has 0 spiro atoms. The SMILES string of the molecule is CCCCCC(=O)/C=C/C=C\CCCCCCCC(=O)O[C@H](COC(=O)CCCCCCCCCCCCCCCCCC(C)C)COP(=O)(O)OC[C@@H](O)COP(=O)(O)O. The molecule has 0 saturated carbocycles. The van der Waals surface area contributed by atoms with Crippen molar-refractivity contribution in [3.05, 3.63) is 24.3 Å². The van der Waals surface area contributed by atoms with Crippen molar-refractivity contribution < 1.29 is 66.3 Å². The number of phosphoric acid groups is 2. The third-order valence-corrected chi connectivity index (χ3v) is 11.4. The molecule has 0 amide bonds. The van der Waals surface area contributed by atoms with E-state index in [0.717, 1.165) is 76.5 Å². The van der Waals surface area contributed by atoms with Crippen LogP contribution in [0.15, 0.2) is 24.3 Å². The van der Waals surface area contributed by atoms with Gasteiger partial charge in [0.25, 0.3) is 0 Å². The second-order valence-electron chi connectivity index (χ2n) is 16.5. The molecule has 358 valence electrons. The molecule has 0 saturated heterocycles. The number of unbranched alkanes of at least 4 members (excludes halogenated alkanes) is 21. The number of carbonyl (C=O) groups is 3. The van der Waals surface area contributed by atoms with E-state index in [0.29, 0.717) is 19.3 Å². The fourth-order valence-electron chi connectivity index (χ4n) is 6.40. The van der Waals surface area contributed by atoms with Crippen LogP contribution in [0.5, 0.6) is 0 Å². The lowest BCUT2D eigenvalue weighted by molar-refractivity contribution is -0.161. The summed E-state index contributed by atoms with van der Waals surface area (Å²) in [6.45, 7) is 3.91. The zero-order chi connectivity index (χ0) is 45.5. The van der Waals surface area contributed by atoms with Gasteiger partial charge < -0.3 is 29.3 Å². The molecule has 0 aliphatic heterocycles. The van der Waals surface area contributed by atoms with E-state index in [4.69, 9.17) is 23.8 Å². The third-order valence-electron chi connectivity index (χ3n) is 9.99. The normalized spacial score (nSPS) is 14.2. The number of carbonyl (C=O) groups excluding carboxylic acids is 3. The highest BCUT2D eigenvalue weighted by Crippen LogP contribution is 2.43. The van der Waals surface area contributed by atoms with Crippen LogP contribution in [-0.4, -0.2) is 76.1 Å². The molecule has 1 unspecified atom stereocenters. The van der Waals surface area contributed by atoms with Gasteiger partial charge in [-0.25, -0.2) is 9.13 Å². The smallest absolute Gasteiger partial charge is 0.462 e. The fraction of sp³-hybridized carbons (Fsp3) is 0.844. The summed E-state index contributed by atoms with van der Waals surface area (Å²) in [7, 11) is -9.70. The molecule has 14 nitrogen and oxygen atoms in total. The van der Waals surface area contributed by atoms with Crippen LogP contribution < -0.4 is 0 Å². The molecule has 0 aromatic rings. The lowest BCUT2D eigenvalue weighted by atomic mass is 10.0. The predicted octanol–water partition coefficient (Wildman–Crippen LogP) is 11.3. The Morgan fingerprint density at radius 3 is 1.57 bits per heavy atom. The Bertz CT molecular complexity index is 1250. The summed E-state index contributed by atoms with van der Waals surface area (Å²) in [5.41, 5.74) is 0. The van der Waals surface area contributed by atoms with E-state index >= 15 is 0 Å². The average Bonchev–Trinajstić information content (AvgIpc) is 3.20. The van der Waals surface area contributed by atoms with Crippen LogP contribution in [0, 0.1) is 5.92 Å². The Labute approximate surface area is 368 Å². The van der Waals surface area contributed by atoms with Crippen molar-refractivity contribution in [2.45, 2.75) is 213 Å². The van der Waals surface area contributed by atoms with E-state index < -0.39 is 66.2 Å². The van der Waals surface area contributed by atoms with Gasteiger partial charge in [-0.3, -0.25) is 28.0 Å². The molecule has 16 heteroatoms. The first-order valence-corrected chi connectivity index (χ1v) is 26.4. The number of aliphatic hydroxyl groups is 1. The lowest BCUT2D eigenvalue weighted by Crippen LogP contribution is -2.30. The minimum atomic E-state index is -4.87. The molecule has 0 aromatic carbocycles. The molecule has 61 heavy (non-hydrogen) atoms. The molecule has 0 aliphatic rings. The minimum Gasteiger partial charge on any atom is -0.462 e. The summed E-state index contributed by atoms with van der Waals surface area (Å²) in [5.74, 6) is -0.124. The van der Waals surface area contributed by atoms with Crippen LogP contribution in [0.1, 0.15) is 201 Å². The van der Waals surface area contributed by atoms with Crippen molar-refractivity contribution in [2.75, 3.05) is 26.4 Å². The summed E-state index contributed by atoms with van der Waals surface area (Å²) < 4.78 is 47.8. The van der Waals surface area contributed by atoms with Gasteiger partial charge in [0.15, 0.2) is 11.9 Å². The summed E-state index contributed by atoms with van der Waals surface area (Å²) in [6.07, 6.45) is 33.0. The highest BCUT2D eigenvalue weighted by Gasteiger charge is 2.28. The molecule has 0 heterocycles. The van der Waals surface area contributed by atoms with Crippen molar-refractivity contribution in [1.29, 1.82) is 0 Å². The average molecular weight is 911 g/mol. The highest BCUT2D eigenvalue weighted by molar-refractivity contribution is 7.47. The number of ketones is 1. The summed E-state index contributed by atoms with van der Waals surface area (Å²) in [4.78, 5) is 64.5. The van der Waals surface area contributed by atoms with E-state index in [1.165, 1.54) is 77.0 Å². The Hall–Kier alpha value is -1.73. The van der Waals surface area contributed by atoms with Crippen LogP contribution in [0.2, 0.25) is 0 Å². The standard InChI is InChI=1S/C45H84O14P2/c1-4-5-26-32-41(46)33-28-23-19-15-13-17-21-25-30-35-45(49)59-43(39-58-61(53,54)57-37-42(47)36-56-60(50,51)52)38-55-44(48)34-29-24-20-16-12-10-8-6-7-9-11-14-18-22-27-31-40(2)3/h19,23,28,33,40,42-43,47H,4-18,20-22,24-27,29-32,34-39H2,1-3H3,(H,53,54)(H2,50,51,52)/b23-19-,33-28+/t42-,43+/m0/s1. The second kappa shape index (κ2) is 39.8. The van der Waals surface area contributed by atoms with Crippen molar-refractivity contribution in [1.82, 2.24) is 0 Å². The monoisotopic (exact) mass is 911 g/mol. The Morgan fingerprint density at radius 1 is 0.557 bits per heavy atom. The molecular formula is C45H84O14P2. The van der Waals surface area contributed by atoms with E-state index in [1.54, 1.807) is 12.2 Å². The summed E-state index contributed by atoms with van der Waals surface area (Å²) in [5, 5.41) is 9.75. The van der Waals surface area contributed by atoms with Gasteiger partial charge in [-0.05, 0) is 44.1 Å². The largest absolute Gasteiger partial charge is 0.472 e. The van der Waals surface area contributed by atoms with Gasteiger partial charge in [-0.15, -0.1) is 0 Å². The Balaban J connectivity index is 4.50. The van der Waals surface area contributed by atoms with E-state index in [1.807, 2.05) is 12.2 Å². The van der Waals surface area contributed by atoms with Crippen LogP contribution in [0.4, 0.5) is 0 Å². The maximum absolute atomic E-state index is 12.7. The number of hydrogen-bond acceptors (Lipinski definition) is 11. The summed E-state index contributed by atoms with van der Waals surface area (Å²) in [6, 6.07) is 0. The first-order chi connectivity index (χ1) is 29.1. The zero-order valence-electron chi connectivity index (χ0n) is 37.9. The first-order valence-electron chi connectivity index (χ1n) is 23.3. The molecule has 0 radical (unpaired) electrons. The van der Waals surface area contributed by atoms with Gasteiger partial charge >= 0.3 is 27.6 Å². The number of aliphatic hydroxyl groups excluding tert-OH is 1. The Morgan fingerprint density at radius 2 is 1.03 bits per heavy atom. The molecule has 3 atom stereocenters. The lowest BCUT2D eigenvalue weighted by Gasteiger charge is -2.20. The van der Waals surface area contributed by atoms with Gasteiger partial charge in [0.1, 0.15) is 12.7 Å². The number of rotatable bonds is 44. The summed E-state index contributed by atoms with van der Waals surface area (Å²) >= 11 is 0. The second-order valence-corrected chi connectivity index (χ2v) is 19.2. The number of ether oxygens (including phenoxy) is 2. The molecule has 0 aromatic heterocycles. The molecule has 0 rings (SSSR count). The number of esters is 2.